The van der Waals surface area contributed by atoms with Crippen LogP contribution in [0.4, 0.5) is 19.0 Å². The first kappa shape index (κ1) is 29.3. The van der Waals surface area contributed by atoms with Gasteiger partial charge in [-0.05, 0) is 47.5 Å². The van der Waals surface area contributed by atoms with Crippen molar-refractivity contribution in [1.82, 2.24) is 29.3 Å². The SMILES string of the molecule is CONc1nc2ccc(C(O)(c3ccc(C(F)(F)F)nc3)c3cncn3C)cc2c(Cl)c1Cc1ccc(-n2cccn2)cc1. The quantitative estimate of drug-likeness (QED) is 0.199. The number of halogens is 4. The number of aryl methyl sites for hydroxylation is 1. The van der Waals surface area contributed by atoms with Gasteiger partial charge in [-0.15, -0.1) is 0 Å². The Bertz CT molecular complexity index is 1930. The first-order chi connectivity index (χ1) is 21.1. The lowest BCUT2D eigenvalue weighted by molar-refractivity contribution is -0.141. The second kappa shape index (κ2) is 11.4. The van der Waals surface area contributed by atoms with Gasteiger partial charge in [-0.1, -0.05) is 35.9 Å². The van der Waals surface area contributed by atoms with Gasteiger partial charge in [0.25, 0.3) is 0 Å². The molecule has 1 atom stereocenters. The maximum atomic E-state index is 13.3. The van der Waals surface area contributed by atoms with Crippen LogP contribution in [0.3, 0.4) is 0 Å². The van der Waals surface area contributed by atoms with Gasteiger partial charge in [0.05, 0.1) is 41.6 Å². The van der Waals surface area contributed by atoms with Crippen molar-refractivity contribution in [1.29, 1.82) is 0 Å². The van der Waals surface area contributed by atoms with E-state index in [1.54, 1.807) is 40.7 Å². The number of imidazole rings is 1. The molecule has 6 aromatic rings. The van der Waals surface area contributed by atoms with Crippen LogP contribution in [0.2, 0.25) is 5.02 Å². The Labute approximate surface area is 254 Å². The third-order valence-corrected chi connectivity index (χ3v) is 7.81. The number of nitrogens with zero attached hydrogens (tertiary/aromatic N) is 6. The summed E-state index contributed by atoms with van der Waals surface area (Å²) >= 11 is 7.05. The molecule has 0 spiro atoms. The fraction of sp³-hybridized carbons (Fsp3) is 0.161. The third kappa shape index (κ3) is 5.27. The lowest BCUT2D eigenvalue weighted by Gasteiger charge is -2.30. The van der Waals surface area contributed by atoms with E-state index in [4.69, 9.17) is 21.4 Å². The fourth-order valence-corrected chi connectivity index (χ4v) is 5.47. The Morgan fingerprint density at radius 2 is 1.80 bits per heavy atom. The average molecular weight is 620 g/mol. The Balaban J connectivity index is 1.47. The number of fused-ring (bicyclic) bond motifs is 1. The van der Waals surface area contributed by atoms with E-state index in [0.717, 1.165) is 23.5 Å². The number of anilines is 1. The Morgan fingerprint density at radius 3 is 2.41 bits per heavy atom. The van der Waals surface area contributed by atoms with Crippen LogP contribution in [-0.4, -0.2) is 41.5 Å². The smallest absolute Gasteiger partial charge is 0.374 e. The summed E-state index contributed by atoms with van der Waals surface area (Å²) in [4.78, 5) is 17.6. The van der Waals surface area contributed by atoms with Gasteiger partial charge in [0.1, 0.15) is 5.69 Å². The van der Waals surface area contributed by atoms with Crippen LogP contribution in [0.25, 0.3) is 16.6 Å². The Morgan fingerprint density at radius 1 is 1.02 bits per heavy atom. The van der Waals surface area contributed by atoms with Gasteiger partial charge in [-0.2, -0.15) is 18.3 Å². The van der Waals surface area contributed by atoms with E-state index in [1.165, 1.54) is 25.7 Å². The second-order valence-electron chi connectivity index (χ2n) is 10.1. The molecule has 0 bridgehead atoms. The van der Waals surface area contributed by atoms with E-state index in [-0.39, 0.29) is 5.56 Å². The standard InChI is InChI=1S/C31H25ClF3N7O2/c1-41-18-36-17-27(41)30(43,21-7-11-26(37-16-21)31(33,34)35)20-6-10-25-23(15-20)28(32)24(29(39-25)40-44-2)14-19-4-8-22(9-5-19)42-13-3-12-38-42/h3-13,15-18,43H,14H2,1-2H3,(H,39,40). The highest BCUT2D eigenvalue weighted by Gasteiger charge is 2.39. The van der Waals surface area contributed by atoms with Crippen LogP contribution in [0.1, 0.15) is 33.6 Å². The molecule has 4 heterocycles. The van der Waals surface area contributed by atoms with Crippen LogP contribution < -0.4 is 5.48 Å². The molecule has 0 aliphatic heterocycles. The van der Waals surface area contributed by atoms with Crippen LogP contribution in [0.15, 0.2) is 91.8 Å². The van der Waals surface area contributed by atoms with Crippen molar-refractivity contribution in [2.24, 2.45) is 7.05 Å². The Kier molecular flexibility index (Phi) is 7.58. The Hall–Kier alpha value is -4.78. The van der Waals surface area contributed by atoms with Crippen molar-refractivity contribution in [3.8, 4) is 5.69 Å². The van der Waals surface area contributed by atoms with Crippen molar-refractivity contribution in [3.63, 3.8) is 0 Å². The first-order valence-corrected chi connectivity index (χ1v) is 13.7. The molecular weight excluding hydrogens is 595 g/mol. The van der Waals surface area contributed by atoms with E-state index in [0.29, 0.717) is 45.0 Å². The first-order valence-electron chi connectivity index (χ1n) is 13.3. The van der Waals surface area contributed by atoms with Gasteiger partial charge >= 0.3 is 6.18 Å². The molecule has 0 aliphatic carbocycles. The molecule has 2 N–H and O–H groups in total. The number of rotatable bonds is 8. The lowest BCUT2D eigenvalue weighted by atomic mass is 9.83. The lowest BCUT2D eigenvalue weighted by Crippen LogP contribution is -2.31. The number of hydrogen-bond acceptors (Lipinski definition) is 7. The minimum Gasteiger partial charge on any atom is -0.374 e. The predicted molar refractivity (Wildman–Crippen MR) is 158 cm³/mol. The van der Waals surface area contributed by atoms with Gasteiger partial charge in [-0.25, -0.2) is 20.1 Å². The van der Waals surface area contributed by atoms with Crippen molar-refractivity contribution in [2.45, 2.75) is 18.2 Å². The molecule has 44 heavy (non-hydrogen) atoms. The highest BCUT2D eigenvalue weighted by molar-refractivity contribution is 6.36. The van der Waals surface area contributed by atoms with E-state index in [2.05, 4.69) is 20.5 Å². The summed E-state index contributed by atoms with van der Waals surface area (Å²) < 4.78 is 43.2. The van der Waals surface area contributed by atoms with E-state index < -0.39 is 17.5 Å². The molecule has 13 heteroatoms. The number of aromatic nitrogens is 6. The van der Waals surface area contributed by atoms with Crippen molar-refractivity contribution >= 4 is 28.3 Å². The molecule has 9 nitrogen and oxygen atoms in total. The summed E-state index contributed by atoms with van der Waals surface area (Å²) in [5.41, 5.74) is 3.58. The second-order valence-corrected chi connectivity index (χ2v) is 10.5. The van der Waals surface area contributed by atoms with Crippen LogP contribution >= 0.6 is 11.6 Å². The number of benzene rings is 2. The van der Waals surface area contributed by atoms with Gasteiger partial charge in [-0.3, -0.25) is 9.82 Å². The summed E-state index contributed by atoms with van der Waals surface area (Å²) in [6.45, 7) is 0. The molecule has 0 saturated carbocycles. The van der Waals surface area contributed by atoms with Gasteiger partial charge in [0.15, 0.2) is 11.4 Å². The zero-order chi connectivity index (χ0) is 31.1. The van der Waals surface area contributed by atoms with Crippen molar-refractivity contribution in [3.05, 3.63) is 130 Å². The topological polar surface area (TPSA) is 103 Å². The average Bonchev–Trinajstić information content (AvgIpc) is 3.71. The maximum absolute atomic E-state index is 13.3. The molecule has 1 unspecified atom stereocenters. The largest absolute Gasteiger partial charge is 0.433 e. The van der Waals surface area contributed by atoms with E-state index in [1.807, 2.05) is 36.5 Å². The van der Waals surface area contributed by atoms with E-state index >= 15 is 0 Å². The zero-order valence-electron chi connectivity index (χ0n) is 23.4. The minimum absolute atomic E-state index is 0.118. The van der Waals surface area contributed by atoms with Gasteiger partial charge in [0.2, 0.25) is 0 Å². The number of aliphatic hydroxyl groups is 1. The molecule has 6 rings (SSSR count). The molecule has 0 radical (unpaired) electrons. The van der Waals surface area contributed by atoms with E-state index in [9.17, 15) is 18.3 Å². The molecular formula is C31H25ClF3N7O2. The molecule has 0 fully saturated rings. The van der Waals surface area contributed by atoms with Crippen LogP contribution in [0, 0.1) is 0 Å². The van der Waals surface area contributed by atoms with Gasteiger partial charge in [0, 0.05) is 48.6 Å². The van der Waals surface area contributed by atoms with Gasteiger partial charge < -0.3 is 9.67 Å². The normalized spacial score (nSPS) is 13.2. The van der Waals surface area contributed by atoms with Crippen LogP contribution in [-0.2, 0) is 30.1 Å². The predicted octanol–water partition coefficient (Wildman–Crippen LogP) is 6.07. The number of hydrogen-bond donors (Lipinski definition) is 2. The maximum Gasteiger partial charge on any atom is 0.433 e. The summed E-state index contributed by atoms with van der Waals surface area (Å²) in [5.74, 6) is 0.419. The molecule has 2 aromatic carbocycles. The molecule has 0 amide bonds. The monoisotopic (exact) mass is 619 g/mol. The summed E-state index contributed by atoms with van der Waals surface area (Å²) in [6, 6.07) is 16.7. The molecule has 0 saturated heterocycles. The molecule has 224 valence electrons. The minimum atomic E-state index is -4.63. The number of nitrogens with one attached hydrogen (secondary N) is 1. The highest BCUT2D eigenvalue weighted by Crippen LogP contribution is 2.41. The third-order valence-electron chi connectivity index (χ3n) is 7.38. The van der Waals surface area contributed by atoms with Crippen molar-refractivity contribution < 1.29 is 23.1 Å². The molecule has 4 aromatic heterocycles. The zero-order valence-corrected chi connectivity index (χ0v) is 24.2. The number of alkyl halides is 3. The fourth-order valence-electron chi connectivity index (χ4n) is 5.17. The summed E-state index contributed by atoms with van der Waals surface area (Å²) in [5, 5.41) is 17.4. The number of pyridine rings is 2. The highest BCUT2D eigenvalue weighted by atomic mass is 35.5. The van der Waals surface area contributed by atoms with Crippen LogP contribution in [0.5, 0.6) is 0 Å². The molecule has 0 aliphatic rings. The summed E-state index contributed by atoms with van der Waals surface area (Å²) in [7, 11) is 3.15. The summed E-state index contributed by atoms with van der Waals surface area (Å²) in [6.07, 6.45) is 3.28. The van der Waals surface area contributed by atoms with Crippen molar-refractivity contribution in [2.75, 3.05) is 12.6 Å².